The monoisotopic (exact) mass is 474 g/mol. The summed E-state index contributed by atoms with van der Waals surface area (Å²) in [6.07, 6.45) is -5.08. The number of ether oxygens (including phenoxy) is 1. The minimum Gasteiger partial charge on any atom is -0.475 e. The van der Waals surface area contributed by atoms with Crippen LogP contribution in [0.4, 0.5) is 24.7 Å². The van der Waals surface area contributed by atoms with Crippen molar-refractivity contribution in [2.75, 3.05) is 5.32 Å². The number of nitrogens with zero attached hydrogens (tertiary/aromatic N) is 1. The topological polar surface area (TPSA) is 71.5 Å². The third kappa shape index (κ3) is 6.60. The lowest BCUT2D eigenvalue weighted by Crippen LogP contribution is -2.21. The summed E-state index contributed by atoms with van der Waals surface area (Å²) in [5.41, 5.74) is 2.84. The van der Waals surface area contributed by atoms with Crippen LogP contribution in [0.2, 0.25) is 5.02 Å². The Morgan fingerprint density at radius 1 is 0.970 bits per heavy atom. The van der Waals surface area contributed by atoms with Crippen molar-refractivity contribution in [3.8, 4) is 11.5 Å². The number of benzene rings is 3. The van der Waals surface area contributed by atoms with E-state index in [1.165, 1.54) is 0 Å². The fourth-order valence-electron chi connectivity index (χ4n) is 2.78. The summed E-state index contributed by atoms with van der Waals surface area (Å²) < 4.78 is 37.6. The van der Waals surface area contributed by atoms with E-state index in [-0.39, 0.29) is 0 Å². The smallest absolute Gasteiger partial charge is 0.475 e. The first-order valence-corrected chi connectivity index (χ1v) is 9.97. The number of carboxylic acids is 1. The Morgan fingerprint density at radius 3 is 2.30 bits per heavy atom. The van der Waals surface area contributed by atoms with Crippen molar-refractivity contribution in [1.82, 2.24) is 4.98 Å². The maximum atomic E-state index is 10.6. The highest BCUT2D eigenvalue weighted by molar-refractivity contribution is 6.35. The predicted octanol–water partition coefficient (Wildman–Crippen LogP) is 7.37. The summed E-state index contributed by atoms with van der Waals surface area (Å²) in [6.45, 7) is 2.04. The minimum atomic E-state index is -5.08. The zero-order valence-corrected chi connectivity index (χ0v) is 18.0. The highest BCUT2D eigenvalue weighted by Crippen LogP contribution is 2.29. The van der Waals surface area contributed by atoms with Crippen LogP contribution in [-0.4, -0.2) is 22.2 Å². The fourth-order valence-corrected chi connectivity index (χ4v) is 3.01. The fraction of sp³-hybridized carbons (Fsp3) is 0.0833. The maximum absolute atomic E-state index is 10.6. The Balaban J connectivity index is 0.000000383. The Hall–Kier alpha value is -3.78. The SMILES string of the molecule is Cc1cc(Oc2ccccc2)ccc1Nc1ccc2cccc(Cl)c2n1.O=C(O)C(F)(F)F. The second-order valence-corrected chi connectivity index (χ2v) is 7.24. The maximum Gasteiger partial charge on any atom is 0.490 e. The van der Waals surface area contributed by atoms with E-state index >= 15 is 0 Å². The molecule has 33 heavy (non-hydrogen) atoms. The van der Waals surface area contributed by atoms with Crippen LogP contribution in [0.3, 0.4) is 0 Å². The molecule has 0 aliphatic rings. The highest BCUT2D eigenvalue weighted by Gasteiger charge is 2.38. The van der Waals surface area contributed by atoms with Gasteiger partial charge in [-0.2, -0.15) is 13.2 Å². The summed E-state index contributed by atoms with van der Waals surface area (Å²) in [5.74, 6) is -0.384. The molecule has 0 unspecified atom stereocenters. The first kappa shape index (κ1) is 23.9. The van der Waals surface area contributed by atoms with E-state index < -0.39 is 12.1 Å². The summed E-state index contributed by atoms with van der Waals surface area (Å²) in [7, 11) is 0. The van der Waals surface area contributed by atoms with Crippen LogP contribution in [0.25, 0.3) is 10.9 Å². The molecule has 0 bridgehead atoms. The molecule has 1 aromatic heterocycles. The van der Waals surface area contributed by atoms with E-state index in [9.17, 15) is 13.2 Å². The van der Waals surface area contributed by atoms with Crippen LogP contribution in [0.1, 0.15) is 5.56 Å². The van der Waals surface area contributed by atoms with E-state index in [2.05, 4.69) is 10.3 Å². The third-order valence-electron chi connectivity index (χ3n) is 4.35. The zero-order chi connectivity index (χ0) is 24.0. The summed E-state index contributed by atoms with van der Waals surface area (Å²) in [5, 5.41) is 12.1. The Labute approximate surface area is 192 Å². The zero-order valence-electron chi connectivity index (χ0n) is 17.2. The molecule has 0 amide bonds. The second-order valence-electron chi connectivity index (χ2n) is 6.83. The van der Waals surface area contributed by atoms with Gasteiger partial charge >= 0.3 is 12.1 Å². The summed E-state index contributed by atoms with van der Waals surface area (Å²) in [4.78, 5) is 13.5. The molecular formula is C24H18ClF3N2O3. The lowest BCUT2D eigenvalue weighted by atomic mass is 10.2. The first-order chi connectivity index (χ1) is 15.6. The van der Waals surface area contributed by atoms with Crippen LogP contribution in [0.5, 0.6) is 11.5 Å². The predicted molar refractivity (Wildman–Crippen MR) is 121 cm³/mol. The van der Waals surface area contributed by atoms with Crippen LogP contribution in [-0.2, 0) is 4.79 Å². The third-order valence-corrected chi connectivity index (χ3v) is 4.66. The largest absolute Gasteiger partial charge is 0.490 e. The van der Waals surface area contributed by atoms with Gasteiger partial charge in [0.05, 0.1) is 10.5 Å². The number of nitrogens with one attached hydrogen (secondary N) is 1. The summed E-state index contributed by atoms with van der Waals surface area (Å²) >= 11 is 6.25. The van der Waals surface area contributed by atoms with Gasteiger partial charge in [0, 0.05) is 11.1 Å². The number of hydrogen-bond donors (Lipinski definition) is 2. The molecule has 0 atom stereocenters. The summed E-state index contributed by atoms with van der Waals surface area (Å²) in [6, 6.07) is 25.4. The Bertz CT molecular complexity index is 1270. The Morgan fingerprint density at radius 2 is 1.67 bits per heavy atom. The molecule has 9 heteroatoms. The van der Waals surface area contributed by atoms with Gasteiger partial charge in [-0.25, -0.2) is 9.78 Å². The Kier molecular flexibility index (Phi) is 7.40. The molecule has 0 aliphatic carbocycles. The van der Waals surface area contributed by atoms with Gasteiger partial charge in [-0.1, -0.05) is 41.9 Å². The molecule has 0 aliphatic heterocycles. The molecular weight excluding hydrogens is 457 g/mol. The van der Waals surface area contributed by atoms with Gasteiger partial charge < -0.3 is 15.2 Å². The van der Waals surface area contributed by atoms with Gasteiger partial charge in [-0.3, -0.25) is 0 Å². The van der Waals surface area contributed by atoms with Gasteiger partial charge in [0.25, 0.3) is 0 Å². The number of alkyl halides is 3. The molecule has 3 aromatic carbocycles. The normalized spacial score (nSPS) is 10.8. The van der Waals surface area contributed by atoms with E-state index in [4.69, 9.17) is 26.2 Å². The minimum absolute atomic E-state index is 0.648. The number of carboxylic acid groups (broad SMARTS) is 1. The standard InChI is InChI=1S/C22H17ClN2O.C2HF3O2/c1-15-14-18(26-17-7-3-2-4-8-17)11-12-20(15)24-21-13-10-16-6-5-9-19(23)22(16)25-21;3-2(4,5)1(6)7/h2-14H,1H3,(H,24,25);(H,6,7). The van der Waals surface area contributed by atoms with Gasteiger partial charge in [0.1, 0.15) is 17.3 Å². The van der Waals surface area contributed by atoms with E-state index in [0.29, 0.717) is 5.02 Å². The van der Waals surface area contributed by atoms with Crippen LogP contribution in [0.15, 0.2) is 78.9 Å². The molecule has 4 rings (SSSR count). The number of aryl methyl sites for hydroxylation is 1. The molecule has 0 spiro atoms. The van der Waals surface area contributed by atoms with Gasteiger partial charge in [0.15, 0.2) is 0 Å². The lowest BCUT2D eigenvalue weighted by Gasteiger charge is -2.12. The molecule has 5 nitrogen and oxygen atoms in total. The molecule has 0 fully saturated rings. The second kappa shape index (κ2) is 10.2. The van der Waals surface area contributed by atoms with Crippen molar-refractivity contribution in [2.24, 2.45) is 0 Å². The van der Waals surface area contributed by atoms with Crippen LogP contribution < -0.4 is 10.1 Å². The first-order valence-electron chi connectivity index (χ1n) is 9.59. The number of pyridine rings is 1. The molecule has 0 saturated heterocycles. The molecule has 0 radical (unpaired) electrons. The van der Waals surface area contributed by atoms with Gasteiger partial charge in [0.2, 0.25) is 0 Å². The number of aliphatic carboxylic acids is 1. The molecule has 0 saturated carbocycles. The quantitative estimate of drug-likeness (QED) is 0.323. The van der Waals surface area contributed by atoms with Crippen LogP contribution in [0, 0.1) is 6.92 Å². The number of hydrogen-bond acceptors (Lipinski definition) is 4. The van der Waals surface area contributed by atoms with Crippen molar-refractivity contribution in [3.63, 3.8) is 0 Å². The number of aromatic nitrogens is 1. The van der Waals surface area contributed by atoms with Gasteiger partial charge in [-0.15, -0.1) is 0 Å². The van der Waals surface area contributed by atoms with Crippen molar-refractivity contribution in [3.05, 3.63) is 89.4 Å². The number of rotatable bonds is 4. The van der Waals surface area contributed by atoms with E-state index in [0.717, 1.165) is 39.5 Å². The van der Waals surface area contributed by atoms with E-state index in [1.54, 1.807) is 0 Å². The lowest BCUT2D eigenvalue weighted by molar-refractivity contribution is -0.192. The highest BCUT2D eigenvalue weighted by atomic mass is 35.5. The number of carbonyl (C=O) groups is 1. The van der Waals surface area contributed by atoms with Crippen molar-refractivity contribution in [2.45, 2.75) is 13.1 Å². The van der Waals surface area contributed by atoms with Crippen molar-refractivity contribution >= 4 is 40.0 Å². The van der Waals surface area contributed by atoms with Crippen LogP contribution >= 0.6 is 11.6 Å². The molecule has 2 N–H and O–H groups in total. The molecule has 1 heterocycles. The number of anilines is 2. The van der Waals surface area contributed by atoms with E-state index in [1.807, 2.05) is 85.8 Å². The van der Waals surface area contributed by atoms with Crippen molar-refractivity contribution < 1.29 is 27.8 Å². The van der Waals surface area contributed by atoms with Crippen molar-refractivity contribution in [1.29, 1.82) is 0 Å². The molecule has 4 aromatic rings. The average Bonchev–Trinajstić information content (AvgIpc) is 2.77. The average molecular weight is 475 g/mol. The van der Waals surface area contributed by atoms with Gasteiger partial charge in [-0.05, 0) is 61.0 Å². The number of para-hydroxylation sites is 2. The number of fused-ring (bicyclic) bond motifs is 1. The molecule has 170 valence electrons. The number of halogens is 4.